The lowest BCUT2D eigenvalue weighted by atomic mass is 10.2. The zero-order valence-corrected chi connectivity index (χ0v) is 11.5. The lowest BCUT2D eigenvalue weighted by Gasteiger charge is -2.31. The number of likely N-dealkylation sites (N-methyl/N-ethyl adjacent to an activating group) is 1. The van der Waals surface area contributed by atoms with Gasteiger partial charge in [0.15, 0.2) is 0 Å². The van der Waals surface area contributed by atoms with E-state index in [0.717, 1.165) is 0 Å². The standard InChI is InChI=1S/C9H20NO6P/c1-8(11)15-6-5-9(7-10(2,3)4)16-17(12,13)14/h9H,5-7H2,1-4H3,(H-,12,13,14). The molecule has 0 aromatic carbocycles. The van der Waals surface area contributed by atoms with E-state index in [9.17, 15) is 14.3 Å². The molecule has 0 aromatic heterocycles. The highest BCUT2D eigenvalue weighted by Gasteiger charge is 2.22. The number of hydrogen-bond donors (Lipinski definition) is 1. The Morgan fingerprint density at radius 1 is 1.47 bits per heavy atom. The Morgan fingerprint density at radius 2 is 2.00 bits per heavy atom. The molecule has 0 aromatic rings. The van der Waals surface area contributed by atoms with Crippen molar-refractivity contribution in [1.29, 1.82) is 0 Å². The van der Waals surface area contributed by atoms with Crippen molar-refractivity contribution >= 4 is 13.8 Å². The number of esters is 1. The SMILES string of the molecule is CC(=O)OCCC(C[N+](C)(C)C)OP(=O)([O-])O. The molecule has 0 amide bonds. The number of carbonyl (C=O) groups is 1. The molecule has 2 unspecified atom stereocenters. The van der Waals surface area contributed by atoms with Crippen LogP contribution in [0.3, 0.4) is 0 Å². The van der Waals surface area contributed by atoms with Crippen LogP contribution >= 0.6 is 7.82 Å². The van der Waals surface area contributed by atoms with Crippen molar-refractivity contribution in [2.75, 3.05) is 34.3 Å². The summed E-state index contributed by atoms with van der Waals surface area (Å²) in [6, 6.07) is 0. The predicted molar refractivity (Wildman–Crippen MR) is 58.8 cm³/mol. The third-order valence-electron chi connectivity index (χ3n) is 1.78. The quantitative estimate of drug-likeness (QED) is 0.380. The molecular weight excluding hydrogens is 249 g/mol. The third-order valence-corrected chi connectivity index (χ3v) is 2.34. The van der Waals surface area contributed by atoms with Gasteiger partial charge in [0.25, 0.3) is 7.82 Å². The van der Waals surface area contributed by atoms with Crippen molar-refractivity contribution in [2.45, 2.75) is 19.4 Å². The van der Waals surface area contributed by atoms with Gasteiger partial charge in [-0.2, -0.15) is 0 Å². The number of phosphoric ester groups is 1. The van der Waals surface area contributed by atoms with Crippen molar-refractivity contribution in [3.05, 3.63) is 0 Å². The summed E-state index contributed by atoms with van der Waals surface area (Å²) >= 11 is 0. The van der Waals surface area contributed by atoms with Crippen LogP contribution in [0.1, 0.15) is 13.3 Å². The van der Waals surface area contributed by atoms with Crippen LogP contribution in [0.4, 0.5) is 0 Å². The number of carbonyl (C=O) groups excluding carboxylic acids is 1. The summed E-state index contributed by atoms with van der Waals surface area (Å²) in [6.45, 7) is 1.69. The fraction of sp³-hybridized carbons (Fsp3) is 0.889. The number of hydrogen-bond acceptors (Lipinski definition) is 5. The van der Waals surface area contributed by atoms with E-state index in [-0.39, 0.29) is 13.0 Å². The van der Waals surface area contributed by atoms with E-state index < -0.39 is 19.9 Å². The summed E-state index contributed by atoms with van der Waals surface area (Å²) in [5, 5.41) is 0. The molecule has 17 heavy (non-hydrogen) atoms. The summed E-state index contributed by atoms with van der Waals surface area (Å²) in [4.78, 5) is 29.9. The number of rotatable bonds is 7. The van der Waals surface area contributed by atoms with Crippen molar-refractivity contribution in [3.8, 4) is 0 Å². The van der Waals surface area contributed by atoms with Crippen LogP contribution in [0.15, 0.2) is 0 Å². The Kier molecular flexibility index (Phi) is 6.29. The fourth-order valence-corrected chi connectivity index (χ4v) is 1.86. The van der Waals surface area contributed by atoms with E-state index in [2.05, 4.69) is 4.52 Å². The molecular formula is C9H20NO6P. The molecule has 2 atom stereocenters. The van der Waals surface area contributed by atoms with Crippen molar-refractivity contribution in [2.24, 2.45) is 0 Å². The van der Waals surface area contributed by atoms with Crippen LogP contribution in [0.5, 0.6) is 0 Å². The van der Waals surface area contributed by atoms with Gasteiger partial charge >= 0.3 is 5.97 Å². The van der Waals surface area contributed by atoms with Gasteiger partial charge in [-0.3, -0.25) is 9.36 Å². The molecule has 0 heterocycles. The molecule has 1 N–H and O–H groups in total. The van der Waals surface area contributed by atoms with E-state index in [4.69, 9.17) is 9.63 Å². The molecule has 0 spiro atoms. The molecule has 0 aliphatic carbocycles. The first kappa shape index (κ1) is 16.5. The molecule has 0 rings (SSSR count). The van der Waals surface area contributed by atoms with Gasteiger partial charge in [0.1, 0.15) is 12.6 Å². The maximum absolute atomic E-state index is 10.7. The molecule has 0 saturated carbocycles. The van der Waals surface area contributed by atoms with Gasteiger partial charge in [-0.05, 0) is 0 Å². The largest absolute Gasteiger partial charge is 0.756 e. The van der Waals surface area contributed by atoms with Crippen LogP contribution in [-0.2, 0) is 18.6 Å². The number of phosphoric acid groups is 1. The number of quaternary nitrogens is 1. The first-order valence-electron chi connectivity index (χ1n) is 5.15. The van der Waals surface area contributed by atoms with Crippen molar-refractivity contribution in [1.82, 2.24) is 0 Å². The summed E-state index contributed by atoms with van der Waals surface area (Å²) < 4.78 is 20.4. The van der Waals surface area contributed by atoms with Crippen molar-refractivity contribution < 1.29 is 32.9 Å². The van der Waals surface area contributed by atoms with Gasteiger partial charge in [0.05, 0.1) is 27.7 Å². The van der Waals surface area contributed by atoms with Crippen LogP contribution in [0.25, 0.3) is 0 Å². The highest BCUT2D eigenvalue weighted by molar-refractivity contribution is 7.44. The monoisotopic (exact) mass is 269 g/mol. The first-order valence-corrected chi connectivity index (χ1v) is 6.65. The fourth-order valence-electron chi connectivity index (χ4n) is 1.31. The topological polar surface area (TPSA) is 95.9 Å². The minimum absolute atomic E-state index is 0.0556. The second-order valence-electron chi connectivity index (χ2n) is 4.80. The Hall–Kier alpha value is -0.460. The minimum Gasteiger partial charge on any atom is -0.756 e. The van der Waals surface area contributed by atoms with E-state index in [1.165, 1.54) is 6.92 Å². The van der Waals surface area contributed by atoms with Crippen LogP contribution < -0.4 is 4.89 Å². The lowest BCUT2D eigenvalue weighted by Crippen LogP contribution is -2.42. The third kappa shape index (κ3) is 11.8. The van der Waals surface area contributed by atoms with Gasteiger partial charge in [-0.25, -0.2) is 0 Å². The highest BCUT2D eigenvalue weighted by Crippen LogP contribution is 2.33. The van der Waals surface area contributed by atoms with E-state index in [1.807, 2.05) is 21.1 Å². The summed E-state index contributed by atoms with van der Waals surface area (Å²) in [5.41, 5.74) is 0. The molecule has 0 fully saturated rings. The second kappa shape index (κ2) is 6.47. The molecule has 0 bridgehead atoms. The molecule has 102 valence electrons. The predicted octanol–water partition coefficient (Wildman–Crippen LogP) is -0.508. The zero-order chi connectivity index (χ0) is 13.7. The Labute approximate surface area is 101 Å². The zero-order valence-electron chi connectivity index (χ0n) is 10.6. The van der Waals surface area contributed by atoms with E-state index in [1.54, 1.807) is 0 Å². The van der Waals surface area contributed by atoms with Gasteiger partial charge in [-0.15, -0.1) is 0 Å². The average molecular weight is 269 g/mol. The number of nitrogens with zero attached hydrogens (tertiary/aromatic N) is 1. The summed E-state index contributed by atoms with van der Waals surface area (Å²) in [6.07, 6.45) is -0.510. The minimum atomic E-state index is -4.77. The molecule has 0 radical (unpaired) electrons. The smallest absolute Gasteiger partial charge is 0.302 e. The Morgan fingerprint density at radius 3 is 2.35 bits per heavy atom. The molecule has 0 aliphatic rings. The first-order chi connectivity index (χ1) is 7.49. The number of ether oxygens (including phenoxy) is 1. The maximum atomic E-state index is 10.7. The molecule has 7 nitrogen and oxygen atoms in total. The Balaban J connectivity index is 4.31. The van der Waals surface area contributed by atoms with Gasteiger partial charge in [0, 0.05) is 13.3 Å². The highest BCUT2D eigenvalue weighted by atomic mass is 31.2. The molecule has 0 saturated heterocycles. The van der Waals surface area contributed by atoms with Gasteiger partial charge in [-0.1, -0.05) is 0 Å². The lowest BCUT2D eigenvalue weighted by molar-refractivity contribution is -0.873. The normalized spacial score (nSPS) is 17.3. The second-order valence-corrected chi connectivity index (χ2v) is 5.95. The van der Waals surface area contributed by atoms with Crippen LogP contribution in [0.2, 0.25) is 0 Å². The van der Waals surface area contributed by atoms with E-state index in [0.29, 0.717) is 11.0 Å². The van der Waals surface area contributed by atoms with Crippen LogP contribution in [-0.4, -0.2) is 55.7 Å². The van der Waals surface area contributed by atoms with Gasteiger partial charge in [0.2, 0.25) is 0 Å². The molecule has 8 heteroatoms. The van der Waals surface area contributed by atoms with Crippen molar-refractivity contribution in [3.63, 3.8) is 0 Å². The van der Waals surface area contributed by atoms with E-state index >= 15 is 0 Å². The Bertz CT molecular complexity index is 294. The van der Waals surface area contributed by atoms with Crippen LogP contribution in [0, 0.1) is 0 Å². The molecule has 0 aliphatic heterocycles. The van der Waals surface area contributed by atoms with Gasteiger partial charge < -0.3 is 23.5 Å². The summed E-state index contributed by atoms with van der Waals surface area (Å²) in [5.74, 6) is -0.441. The maximum Gasteiger partial charge on any atom is 0.302 e. The average Bonchev–Trinajstić information content (AvgIpc) is 1.95. The summed E-state index contributed by atoms with van der Waals surface area (Å²) in [7, 11) is 0.797.